The van der Waals surface area contributed by atoms with Gasteiger partial charge in [0, 0.05) is 11.3 Å². The largest absolute Gasteiger partial charge is 0.481 e. The van der Waals surface area contributed by atoms with Crippen molar-refractivity contribution < 1.29 is 19.4 Å². The molecule has 1 N–H and O–H groups in total. The van der Waals surface area contributed by atoms with Crippen molar-refractivity contribution in [1.82, 2.24) is 4.90 Å². The summed E-state index contributed by atoms with van der Waals surface area (Å²) in [5.41, 5.74) is 0. The van der Waals surface area contributed by atoms with Crippen LogP contribution in [0.5, 0.6) is 0 Å². The van der Waals surface area contributed by atoms with Crippen molar-refractivity contribution in [3.63, 3.8) is 0 Å². The van der Waals surface area contributed by atoms with Crippen LogP contribution in [0.25, 0.3) is 0 Å². The predicted octanol–water partition coefficient (Wildman–Crippen LogP) is 1.47. The monoisotopic (exact) mass is 289 g/mol. The summed E-state index contributed by atoms with van der Waals surface area (Å²) in [6.07, 6.45) is 0. The zero-order chi connectivity index (χ0) is 14.6. The molecule has 1 amide bonds. The van der Waals surface area contributed by atoms with Crippen molar-refractivity contribution in [2.24, 2.45) is 5.92 Å². The van der Waals surface area contributed by atoms with Crippen molar-refractivity contribution in [2.75, 3.05) is 25.5 Å². The fourth-order valence-corrected chi connectivity index (χ4v) is 2.77. The van der Waals surface area contributed by atoms with E-state index in [1.807, 2.05) is 6.92 Å². The molecule has 5 nitrogen and oxygen atoms in total. The lowest BCUT2D eigenvalue weighted by molar-refractivity contribution is -0.144. The maximum atomic E-state index is 12.2. The third-order valence-electron chi connectivity index (χ3n) is 3.06. The first-order valence-corrected chi connectivity index (χ1v) is 7.48. The molecule has 19 heavy (non-hydrogen) atoms. The van der Waals surface area contributed by atoms with E-state index < -0.39 is 11.9 Å². The van der Waals surface area contributed by atoms with Gasteiger partial charge in [0.1, 0.15) is 5.92 Å². The highest BCUT2D eigenvalue weighted by molar-refractivity contribution is 8.01. The highest BCUT2D eigenvalue weighted by Gasteiger charge is 2.39. The number of hydrogen-bond acceptors (Lipinski definition) is 4. The molecule has 110 valence electrons. The molecule has 1 heterocycles. The average Bonchev–Trinajstić information content (AvgIpc) is 2.75. The molecule has 0 spiro atoms. The van der Waals surface area contributed by atoms with Crippen LogP contribution in [0, 0.1) is 5.92 Å². The minimum absolute atomic E-state index is 0.0100. The second-order valence-electron chi connectivity index (χ2n) is 5.63. The third-order valence-corrected chi connectivity index (χ3v) is 4.32. The number of ether oxygens (including phenoxy) is 1. The molecule has 1 aliphatic heterocycles. The van der Waals surface area contributed by atoms with Crippen LogP contribution in [-0.2, 0) is 14.3 Å². The van der Waals surface area contributed by atoms with E-state index in [0.29, 0.717) is 18.9 Å². The Balaban J connectivity index is 2.66. The summed E-state index contributed by atoms with van der Waals surface area (Å²) in [4.78, 5) is 25.0. The number of aliphatic carboxylic acids is 1. The number of hydrogen-bond donors (Lipinski definition) is 1. The van der Waals surface area contributed by atoms with E-state index in [4.69, 9.17) is 9.84 Å². The van der Waals surface area contributed by atoms with Gasteiger partial charge in [-0.05, 0) is 6.92 Å². The molecule has 6 heteroatoms. The summed E-state index contributed by atoms with van der Waals surface area (Å²) < 4.78 is 5.25. The lowest BCUT2D eigenvalue weighted by Crippen LogP contribution is -2.47. The smallest absolute Gasteiger partial charge is 0.311 e. The molecule has 0 aromatic heterocycles. The fourth-order valence-electron chi connectivity index (χ4n) is 2.04. The van der Waals surface area contributed by atoms with Gasteiger partial charge in [0.2, 0.25) is 5.91 Å². The molecule has 2 unspecified atom stereocenters. The highest BCUT2D eigenvalue weighted by atomic mass is 32.2. The lowest BCUT2D eigenvalue weighted by Gasteiger charge is -2.30. The van der Waals surface area contributed by atoms with Crippen molar-refractivity contribution in [2.45, 2.75) is 38.5 Å². The standard InChI is InChI=1S/C13H23NO4S/c1-5-14(11(15)8-19-13(2,3)4)10-7-18-6-9(10)12(16)17/h9-10H,5-8H2,1-4H3,(H,16,17). The highest BCUT2D eigenvalue weighted by Crippen LogP contribution is 2.25. The molecule has 0 radical (unpaired) electrons. The van der Waals surface area contributed by atoms with Crippen LogP contribution >= 0.6 is 11.8 Å². The maximum Gasteiger partial charge on any atom is 0.311 e. The van der Waals surface area contributed by atoms with Gasteiger partial charge in [-0.1, -0.05) is 20.8 Å². The summed E-state index contributed by atoms with van der Waals surface area (Å²) in [7, 11) is 0. The minimum Gasteiger partial charge on any atom is -0.481 e. The molecular weight excluding hydrogens is 266 g/mol. The molecule has 0 aliphatic carbocycles. The van der Waals surface area contributed by atoms with Gasteiger partial charge in [-0.2, -0.15) is 0 Å². The van der Waals surface area contributed by atoms with Gasteiger partial charge >= 0.3 is 5.97 Å². The lowest BCUT2D eigenvalue weighted by atomic mass is 10.0. The van der Waals surface area contributed by atoms with Crippen molar-refractivity contribution in [1.29, 1.82) is 0 Å². The number of carboxylic acid groups (broad SMARTS) is 1. The Morgan fingerprint density at radius 2 is 2.00 bits per heavy atom. The Kier molecular flexibility index (Phi) is 5.67. The SMILES string of the molecule is CCN(C(=O)CSC(C)(C)C)C1COCC1C(=O)O. The van der Waals surface area contributed by atoms with Gasteiger partial charge in [0.15, 0.2) is 0 Å². The Labute approximate surface area is 118 Å². The molecule has 1 rings (SSSR count). The van der Waals surface area contributed by atoms with Crippen LogP contribution in [0.15, 0.2) is 0 Å². The molecule has 0 bridgehead atoms. The van der Waals surface area contributed by atoms with Crippen LogP contribution in [0.1, 0.15) is 27.7 Å². The Morgan fingerprint density at radius 1 is 1.37 bits per heavy atom. The number of likely N-dealkylation sites (N-methyl/N-ethyl adjacent to an activating group) is 1. The average molecular weight is 289 g/mol. The Morgan fingerprint density at radius 3 is 2.47 bits per heavy atom. The Hall–Kier alpha value is -0.750. The van der Waals surface area contributed by atoms with Crippen molar-refractivity contribution in [3.05, 3.63) is 0 Å². The number of amides is 1. The van der Waals surface area contributed by atoms with Crippen molar-refractivity contribution in [3.8, 4) is 0 Å². The van der Waals surface area contributed by atoms with E-state index >= 15 is 0 Å². The van der Waals surface area contributed by atoms with E-state index in [-0.39, 0.29) is 23.3 Å². The summed E-state index contributed by atoms with van der Waals surface area (Å²) in [5, 5.41) is 9.15. The number of carboxylic acids is 1. The normalized spacial score (nSPS) is 23.4. The van der Waals surface area contributed by atoms with Gasteiger partial charge in [-0.15, -0.1) is 11.8 Å². The second-order valence-corrected chi connectivity index (χ2v) is 7.43. The Bertz CT molecular complexity index is 340. The number of rotatable bonds is 5. The molecule has 1 aliphatic rings. The van der Waals surface area contributed by atoms with Gasteiger partial charge in [-0.25, -0.2) is 0 Å². The zero-order valence-electron chi connectivity index (χ0n) is 12.0. The number of nitrogens with zero attached hydrogens (tertiary/aromatic N) is 1. The number of carbonyl (C=O) groups excluding carboxylic acids is 1. The van der Waals surface area contributed by atoms with Crippen LogP contribution in [0.4, 0.5) is 0 Å². The van der Waals surface area contributed by atoms with Crippen LogP contribution in [0.2, 0.25) is 0 Å². The van der Waals surface area contributed by atoms with Crippen molar-refractivity contribution >= 4 is 23.6 Å². The molecular formula is C13H23NO4S. The van der Waals surface area contributed by atoms with E-state index in [1.54, 1.807) is 16.7 Å². The first kappa shape index (κ1) is 16.3. The first-order valence-electron chi connectivity index (χ1n) is 6.50. The van der Waals surface area contributed by atoms with Gasteiger partial charge < -0.3 is 14.7 Å². The first-order chi connectivity index (χ1) is 8.76. The van der Waals surface area contributed by atoms with E-state index in [0.717, 1.165) is 0 Å². The van der Waals surface area contributed by atoms with Gasteiger partial charge in [0.05, 0.1) is 25.0 Å². The second kappa shape index (κ2) is 6.61. The topological polar surface area (TPSA) is 66.8 Å². The van der Waals surface area contributed by atoms with E-state index in [9.17, 15) is 9.59 Å². The summed E-state index contributed by atoms with van der Waals surface area (Å²) in [6.45, 7) is 9.06. The van der Waals surface area contributed by atoms with Gasteiger partial charge in [0.25, 0.3) is 0 Å². The fraction of sp³-hybridized carbons (Fsp3) is 0.846. The molecule has 1 fully saturated rings. The van der Waals surface area contributed by atoms with Gasteiger partial charge in [-0.3, -0.25) is 9.59 Å². The molecule has 2 atom stereocenters. The molecule has 1 saturated heterocycles. The molecule has 0 saturated carbocycles. The minimum atomic E-state index is -0.891. The molecule has 0 aromatic carbocycles. The molecule has 0 aromatic rings. The number of carbonyl (C=O) groups is 2. The predicted molar refractivity (Wildman–Crippen MR) is 75.3 cm³/mol. The van der Waals surface area contributed by atoms with E-state index in [1.165, 1.54) is 0 Å². The van der Waals surface area contributed by atoms with E-state index in [2.05, 4.69) is 20.8 Å². The van der Waals surface area contributed by atoms with Crippen LogP contribution < -0.4 is 0 Å². The number of thioether (sulfide) groups is 1. The van der Waals surface area contributed by atoms with Crippen LogP contribution in [0.3, 0.4) is 0 Å². The maximum absolute atomic E-state index is 12.2. The summed E-state index contributed by atoms with van der Waals surface area (Å²) >= 11 is 1.57. The zero-order valence-corrected chi connectivity index (χ0v) is 12.8. The third kappa shape index (κ3) is 4.69. The quantitative estimate of drug-likeness (QED) is 0.830. The summed E-state index contributed by atoms with van der Waals surface area (Å²) in [6, 6.07) is -0.337. The summed E-state index contributed by atoms with van der Waals surface area (Å²) in [5.74, 6) is -1.13. The van der Waals surface area contributed by atoms with Crippen LogP contribution in [-0.4, -0.2) is 58.2 Å².